The fraction of sp³-hybridized carbons (Fsp3) is 1.00. The van der Waals surface area contributed by atoms with Crippen molar-refractivity contribution in [1.82, 2.24) is 5.32 Å². The third-order valence-electron chi connectivity index (χ3n) is 2.79. The Hall–Kier alpha value is -0.120. The first kappa shape index (κ1) is 14.9. The number of nitrogens with two attached hydrogens (primary N) is 1. The summed E-state index contributed by atoms with van der Waals surface area (Å²) < 4.78 is 5.18. The van der Waals surface area contributed by atoms with E-state index >= 15 is 0 Å². The molecule has 0 rings (SSSR count). The van der Waals surface area contributed by atoms with Crippen molar-refractivity contribution in [3.8, 4) is 0 Å². The van der Waals surface area contributed by atoms with Crippen LogP contribution in [0.2, 0.25) is 0 Å². The van der Waals surface area contributed by atoms with Crippen molar-refractivity contribution in [2.75, 3.05) is 20.2 Å². The van der Waals surface area contributed by atoms with Gasteiger partial charge in [-0.1, -0.05) is 32.6 Å². The van der Waals surface area contributed by atoms with E-state index in [4.69, 9.17) is 10.5 Å². The number of hydrogen-bond donors (Lipinski definition) is 2. The predicted molar refractivity (Wildman–Crippen MR) is 66.1 cm³/mol. The van der Waals surface area contributed by atoms with Crippen molar-refractivity contribution in [2.24, 2.45) is 5.73 Å². The lowest BCUT2D eigenvalue weighted by Crippen LogP contribution is -2.40. The Morgan fingerprint density at radius 2 is 2.00 bits per heavy atom. The van der Waals surface area contributed by atoms with Crippen molar-refractivity contribution in [1.29, 1.82) is 0 Å². The zero-order valence-corrected chi connectivity index (χ0v) is 10.6. The first-order chi connectivity index (χ1) is 7.24. The molecule has 0 fully saturated rings. The average Bonchev–Trinajstić information content (AvgIpc) is 2.27. The van der Waals surface area contributed by atoms with Gasteiger partial charge in [-0.15, -0.1) is 0 Å². The predicted octanol–water partition coefficient (Wildman–Crippen LogP) is 1.91. The highest BCUT2D eigenvalue weighted by Gasteiger charge is 2.07. The molecule has 2 unspecified atom stereocenters. The molecule has 0 spiro atoms. The Bertz CT molecular complexity index is 131. The minimum atomic E-state index is 0.273. The summed E-state index contributed by atoms with van der Waals surface area (Å²) in [6.07, 6.45) is 6.70. The summed E-state index contributed by atoms with van der Waals surface area (Å²) in [6, 6.07) is 0.458. The quantitative estimate of drug-likeness (QED) is 0.548. The molecule has 0 aliphatic heterocycles. The van der Waals surface area contributed by atoms with Gasteiger partial charge in [0.25, 0.3) is 0 Å². The highest BCUT2D eigenvalue weighted by Crippen LogP contribution is 2.05. The molecular formula is C12H28N2O. The van der Waals surface area contributed by atoms with Crippen LogP contribution in [0.1, 0.15) is 46.0 Å². The molecule has 0 saturated heterocycles. The third kappa shape index (κ3) is 8.85. The van der Waals surface area contributed by atoms with E-state index in [0.717, 1.165) is 13.1 Å². The Morgan fingerprint density at radius 3 is 2.53 bits per heavy atom. The molecule has 0 aliphatic carbocycles. The lowest BCUT2D eigenvalue weighted by Gasteiger charge is -2.19. The minimum absolute atomic E-state index is 0.273. The number of nitrogens with one attached hydrogen (secondary N) is 1. The SMILES string of the molecule is CCCCCCC(CN)NCC(C)OC. The molecule has 0 amide bonds. The molecule has 3 heteroatoms. The van der Waals surface area contributed by atoms with Crippen LogP contribution in [-0.4, -0.2) is 32.3 Å². The van der Waals surface area contributed by atoms with Crippen LogP contribution in [0, 0.1) is 0 Å². The smallest absolute Gasteiger partial charge is 0.0667 e. The Labute approximate surface area is 94.8 Å². The average molecular weight is 216 g/mol. The maximum Gasteiger partial charge on any atom is 0.0667 e. The Morgan fingerprint density at radius 1 is 1.27 bits per heavy atom. The van der Waals surface area contributed by atoms with E-state index in [0.29, 0.717) is 6.04 Å². The summed E-state index contributed by atoms with van der Waals surface area (Å²) in [6.45, 7) is 5.92. The maximum atomic E-state index is 5.71. The van der Waals surface area contributed by atoms with E-state index in [1.165, 1.54) is 32.1 Å². The van der Waals surface area contributed by atoms with Crippen LogP contribution in [-0.2, 0) is 4.74 Å². The van der Waals surface area contributed by atoms with E-state index in [9.17, 15) is 0 Å². The summed E-state index contributed by atoms with van der Waals surface area (Å²) in [5.74, 6) is 0. The molecule has 0 aliphatic rings. The van der Waals surface area contributed by atoms with Crippen molar-refractivity contribution in [3.63, 3.8) is 0 Å². The molecule has 3 nitrogen and oxygen atoms in total. The molecule has 0 saturated carbocycles. The molecule has 15 heavy (non-hydrogen) atoms. The van der Waals surface area contributed by atoms with Crippen LogP contribution in [0.25, 0.3) is 0 Å². The van der Waals surface area contributed by atoms with Gasteiger partial charge < -0.3 is 15.8 Å². The zero-order valence-electron chi connectivity index (χ0n) is 10.6. The van der Waals surface area contributed by atoms with E-state index < -0.39 is 0 Å². The molecule has 0 aromatic heterocycles. The minimum Gasteiger partial charge on any atom is -0.380 e. The number of methoxy groups -OCH3 is 1. The van der Waals surface area contributed by atoms with E-state index in [1.807, 2.05) is 0 Å². The van der Waals surface area contributed by atoms with Crippen LogP contribution in [0.3, 0.4) is 0 Å². The van der Waals surface area contributed by atoms with E-state index in [2.05, 4.69) is 19.2 Å². The number of ether oxygens (including phenoxy) is 1. The summed E-state index contributed by atoms with van der Waals surface area (Å²) >= 11 is 0. The van der Waals surface area contributed by atoms with Crippen molar-refractivity contribution < 1.29 is 4.74 Å². The van der Waals surface area contributed by atoms with Crippen LogP contribution in [0.4, 0.5) is 0 Å². The molecule has 0 radical (unpaired) electrons. The van der Waals surface area contributed by atoms with Gasteiger partial charge >= 0.3 is 0 Å². The van der Waals surface area contributed by atoms with Gasteiger partial charge in [0.15, 0.2) is 0 Å². The second-order valence-corrected chi connectivity index (χ2v) is 4.24. The lowest BCUT2D eigenvalue weighted by molar-refractivity contribution is 0.114. The summed E-state index contributed by atoms with van der Waals surface area (Å²) in [7, 11) is 1.74. The molecule has 0 aromatic carbocycles. The monoisotopic (exact) mass is 216 g/mol. The fourth-order valence-electron chi connectivity index (χ4n) is 1.54. The largest absolute Gasteiger partial charge is 0.380 e. The van der Waals surface area contributed by atoms with Gasteiger partial charge in [-0.25, -0.2) is 0 Å². The molecular weight excluding hydrogens is 188 g/mol. The highest BCUT2D eigenvalue weighted by molar-refractivity contribution is 4.69. The van der Waals surface area contributed by atoms with Crippen LogP contribution in [0.5, 0.6) is 0 Å². The molecule has 0 heterocycles. The molecule has 0 bridgehead atoms. The van der Waals surface area contributed by atoms with E-state index in [-0.39, 0.29) is 6.10 Å². The topological polar surface area (TPSA) is 47.3 Å². The van der Waals surface area contributed by atoms with E-state index in [1.54, 1.807) is 7.11 Å². The van der Waals surface area contributed by atoms with Crippen LogP contribution >= 0.6 is 0 Å². The summed E-state index contributed by atoms with van der Waals surface area (Å²) in [4.78, 5) is 0. The van der Waals surface area contributed by atoms with Gasteiger partial charge in [0.1, 0.15) is 0 Å². The highest BCUT2D eigenvalue weighted by atomic mass is 16.5. The molecule has 3 N–H and O–H groups in total. The molecule has 0 aromatic rings. The summed E-state index contributed by atoms with van der Waals surface area (Å²) in [5.41, 5.74) is 5.71. The van der Waals surface area contributed by atoms with Crippen molar-refractivity contribution in [2.45, 2.75) is 58.1 Å². The second kappa shape index (κ2) is 10.4. The molecule has 2 atom stereocenters. The van der Waals surface area contributed by atoms with Crippen molar-refractivity contribution >= 4 is 0 Å². The second-order valence-electron chi connectivity index (χ2n) is 4.24. The number of hydrogen-bond acceptors (Lipinski definition) is 3. The van der Waals surface area contributed by atoms with Gasteiger partial charge in [0, 0.05) is 26.2 Å². The van der Waals surface area contributed by atoms with Gasteiger partial charge in [0.2, 0.25) is 0 Å². The maximum absolute atomic E-state index is 5.71. The number of unbranched alkanes of at least 4 members (excludes halogenated alkanes) is 3. The van der Waals surface area contributed by atoms with Gasteiger partial charge in [-0.2, -0.15) is 0 Å². The van der Waals surface area contributed by atoms with Crippen molar-refractivity contribution in [3.05, 3.63) is 0 Å². The first-order valence-corrected chi connectivity index (χ1v) is 6.20. The Kier molecular flexibility index (Phi) is 10.3. The van der Waals surface area contributed by atoms with Crippen LogP contribution < -0.4 is 11.1 Å². The molecule has 92 valence electrons. The van der Waals surface area contributed by atoms with Gasteiger partial charge in [0.05, 0.1) is 6.10 Å². The van der Waals surface area contributed by atoms with Gasteiger partial charge in [-0.05, 0) is 13.3 Å². The standard InChI is InChI=1S/C12H28N2O/c1-4-5-6-7-8-12(9-13)14-10-11(2)15-3/h11-12,14H,4-10,13H2,1-3H3. The fourth-order valence-corrected chi connectivity index (χ4v) is 1.54. The van der Waals surface area contributed by atoms with Crippen LogP contribution in [0.15, 0.2) is 0 Å². The third-order valence-corrected chi connectivity index (χ3v) is 2.79. The zero-order chi connectivity index (χ0) is 11.5. The summed E-state index contributed by atoms with van der Waals surface area (Å²) in [5, 5.41) is 3.45. The van der Waals surface area contributed by atoms with Gasteiger partial charge in [-0.3, -0.25) is 0 Å². The lowest BCUT2D eigenvalue weighted by atomic mass is 10.1. The number of rotatable bonds is 10. The normalized spacial score (nSPS) is 15.2. The Balaban J connectivity index is 3.46. The first-order valence-electron chi connectivity index (χ1n) is 6.20.